The van der Waals surface area contributed by atoms with E-state index in [4.69, 9.17) is 5.73 Å². The quantitative estimate of drug-likeness (QED) is 0.848. The second-order valence-electron chi connectivity index (χ2n) is 4.09. The van der Waals surface area contributed by atoms with Crippen LogP contribution in [0.2, 0.25) is 0 Å². The summed E-state index contributed by atoms with van der Waals surface area (Å²) in [5.74, 6) is 0. The van der Waals surface area contributed by atoms with Crippen LogP contribution < -0.4 is 5.73 Å². The summed E-state index contributed by atoms with van der Waals surface area (Å²) in [5, 5.41) is 1.88. The standard InChI is InChI=1S/C13H11BrF3NS/c14-10-5-6-19-12(10)7-11(18)8-3-1-2-4-9(8)13(15,16)17/h1-6,11H,7,18H2. The van der Waals surface area contributed by atoms with Crippen LogP contribution in [0.25, 0.3) is 0 Å². The third kappa shape index (κ3) is 3.38. The van der Waals surface area contributed by atoms with E-state index in [9.17, 15) is 13.2 Å². The number of alkyl halides is 3. The lowest BCUT2D eigenvalue weighted by Crippen LogP contribution is -2.19. The molecule has 0 radical (unpaired) electrons. The SMILES string of the molecule is NC(Cc1sccc1Br)c1ccccc1C(F)(F)F. The fourth-order valence-corrected chi connectivity index (χ4v) is 3.43. The van der Waals surface area contributed by atoms with Crippen LogP contribution in [0, 0.1) is 0 Å². The maximum absolute atomic E-state index is 12.9. The van der Waals surface area contributed by atoms with Gasteiger partial charge in [0.15, 0.2) is 0 Å². The van der Waals surface area contributed by atoms with E-state index in [1.54, 1.807) is 6.07 Å². The van der Waals surface area contributed by atoms with Crippen LogP contribution in [-0.2, 0) is 12.6 Å². The Kier molecular flexibility index (Phi) is 4.32. The van der Waals surface area contributed by atoms with E-state index in [2.05, 4.69) is 15.9 Å². The fraction of sp³-hybridized carbons (Fsp3) is 0.231. The molecule has 2 rings (SSSR count). The van der Waals surface area contributed by atoms with Crippen molar-refractivity contribution < 1.29 is 13.2 Å². The zero-order valence-corrected chi connectivity index (χ0v) is 12.1. The summed E-state index contributed by atoms with van der Waals surface area (Å²) < 4.78 is 39.6. The lowest BCUT2D eigenvalue weighted by molar-refractivity contribution is -0.138. The van der Waals surface area contributed by atoms with Crippen LogP contribution in [0.1, 0.15) is 22.0 Å². The van der Waals surface area contributed by atoms with Gasteiger partial charge in [0.05, 0.1) is 5.56 Å². The van der Waals surface area contributed by atoms with Crippen molar-refractivity contribution in [3.63, 3.8) is 0 Å². The smallest absolute Gasteiger partial charge is 0.324 e. The lowest BCUT2D eigenvalue weighted by Gasteiger charge is -2.18. The Morgan fingerprint density at radius 2 is 1.89 bits per heavy atom. The van der Waals surface area contributed by atoms with Crippen molar-refractivity contribution in [1.29, 1.82) is 0 Å². The Balaban J connectivity index is 2.29. The molecule has 0 saturated carbocycles. The summed E-state index contributed by atoms with van der Waals surface area (Å²) in [6, 6.07) is 6.65. The normalized spacial score (nSPS) is 13.5. The molecule has 19 heavy (non-hydrogen) atoms. The minimum Gasteiger partial charge on any atom is -0.324 e. The van der Waals surface area contributed by atoms with Crippen LogP contribution in [0.3, 0.4) is 0 Å². The van der Waals surface area contributed by atoms with Gasteiger partial charge in [-0.3, -0.25) is 0 Å². The molecule has 6 heteroatoms. The second-order valence-corrected chi connectivity index (χ2v) is 5.94. The molecule has 0 aliphatic carbocycles. The van der Waals surface area contributed by atoms with E-state index < -0.39 is 17.8 Å². The van der Waals surface area contributed by atoms with Crippen LogP contribution in [0.15, 0.2) is 40.2 Å². The van der Waals surface area contributed by atoms with E-state index in [1.807, 2.05) is 11.4 Å². The average molecular weight is 350 g/mol. The van der Waals surface area contributed by atoms with Crippen molar-refractivity contribution in [2.45, 2.75) is 18.6 Å². The van der Waals surface area contributed by atoms with Crippen LogP contribution in [-0.4, -0.2) is 0 Å². The first kappa shape index (κ1) is 14.6. The highest BCUT2D eigenvalue weighted by Gasteiger charge is 2.34. The molecule has 0 aliphatic heterocycles. The van der Waals surface area contributed by atoms with Crippen molar-refractivity contribution in [2.75, 3.05) is 0 Å². The van der Waals surface area contributed by atoms with Crippen LogP contribution in [0.5, 0.6) is 0 Å². The molecule has 102 valence electrons. The van der Waals surface area contributed by atoms with Crippen molar-refractivity contribution in [1.82, 2.24) is 0 Å². The highest BCUT2D eigenvalue weighted by molar-refractivity contribution is 9.10. The van der Waals surface area contributed by atoms with Gasteiger partial charge in [0.1, 0.15) is 0 Å². The lowest BCUT2D eigenvalue weighted by atomic mass is 9.98. The molecule has 1 aromatic heterocycles. The Morgan fingerprint density at radius 3 is 2.47 bits per heavy atom. The van der Waals surface area contributed by atoms with Crippen LogP contribution in [0.4, 0.5) is 13.2 Å². The monoisotopic (exact) mass is 349 g/mol. The Morgan fingerprint density at radius 1 is 1.21 bits per heavy atom. The third-order valence-electron chi connectivity index (χ3n) is 2.76. The number of hydrogen-bond acceptors (Lipinski definition) is 2. The minimum absolute atomic E-state index is 0.135. The molecule has 1 nitrogen and oxygen atoms in total. The first-order valence-electron chi connectivity index (χ1n) is 5.53. The molecule has 0 bridgehead atoms. The molecule has 0 fully saturated rings. The molecule has 1 unspecified atom stereocenters. The van der Waals surface area contributed by atoms with Crippen molar-refractivity contribution in [3.8, 4) is 0 Å². The van der Waals surface area contributed by atoms with Gasteiger partial charge in [-0.2, -0.15) is 13.2 Å². The largest absolute Gasteiger partial charge is 0.416 e. The topological polar surface area (TPSA) is 26.0 Å². The van der Waals surface area contributed by atoms with E-state index in [1.165, 1.54) is 23.5 Å². The molecule has 0 saturated heterocycles. The summed E-state index contributed by atoms with van der Waals surface area (Å²) in [7, 11) is 0. The van der Waals surface area contributed by atoms with Crippen molar-refractivity contribution >= 4 is 27.3 Å². The van der Waals surface area contributed by atoms with Gasteiger partial charge in [0.2, 0.25) is 0 Å². The van der Waals surface area contributed by atoms with Gasteiger partial charge in [0, 0.05) is 21.8 Å². The predicted octanol–water partition coefficient (Wildman–Crippen LogP) is 4.77. The summed E-state index contributed by atoms with van der Waals surface area (Å²) in [4.78, 5) is 0.949. The maximum Gasteiger partial charge on any atom is 0.416 e. The van der Waals surface area contributed by atoms with Gasteiger partial charge >= 0.3 is 6.18 Å². The second kappa shape index (κ2) is 5.64. The highest BCUT2D eigenvalue weighted by Crippen LogP contribution is 2.35. The van der Waals surface area contributed by atoms with E-state index in [0.717, 1.165) is 15.4 Å². The summed E-state index contributed by atoms with van der Waals surface area (Å²) in [5.41, 5.74) is 5.42. The molecule has 2 aromatic rings. The Bertz CT molecular complexity index is 565. The first-order valence-corrected chi connectivity index (χ1v) is 7.20. The number of halogens is 4. The molecule has 1 heterocycles. The minimum atomic E-state index is -4.37. The number of benzene rings is 1. The van der Waals surface area contributed by atoms with Gasteiger partial charge < -0.3 is 5.73 Å². The van der Waals surface area contributed by atoms with Gasteiger partial charge in [-0.1, -0.05) is 18.2 Å². The number of hydrogen-bond donors (Lipinski definition) is 1. The number of rotatable bonds is 3. The molecule has 0 spiro atoms. The van der Waals surface area contributed by atoms with E-state index in [0.29, 0.717) is 6.42 Å². The zero-order valence-electron chi connectivity index (χ0n) is 9.75. The summed E-state index contributed by atoms with van der Waals surface area (Å²) in [6.07, 6.45) is -3.99. The average Bonchev–Trinajstić information content (AvgIpc) is 2.74. The first-order chi connectivity index (χ1) is 8.89. The fourth-order valence-electron chi connectivity index (χ4n) is 1.86. The molecule has 2 N–H and O–H groups in total. The molecule has 1 aromatic carbocycles. The highest BCUT2D eigenvalue weighted by atomic mass is 79.9. The maximum atomic E-state index is 12.9. The van der Waals surface area contributed by atoms with E-state index in [-0.39, 0.29) is 5.56 Å². The van der Waals surface area contributed by atoms with Gasteiger partial charge in [0.25, 0.3) is 0 Å². The molecule has 0 aliphatic rings. The van der Waals surface area contributed by atoms with E-state index >= 15 is 0 Å². The predicted molar refractivity (Wildman–Crippen MR) is 74.1 cm³/mol. The summed E-state index contributed by atoms with van der Waals surface area (Å²) in [6.45, 7) is 0. The number of thiophene rings is 1. The van der Waals surface area contributed by atoms with Crippen LogP contribution >= 0.6 is 27.3 Å². The zero-order chi connectivity index (χ0) is 14.0. The molecular formula is C13H11BrF3NS. The Labute approximate surface area is 121 Å². The number of nitrogens with two attached hydrogens (primary N) is 1. The third-order valence-corrected chi connectivity index (χ3v) is 4.71. The van der Waals surface area contributed by atoms with Crippen molar-refractivity contribution in [3.05, 3.63) is 56.2 Å². The van der Waals surface area contributed by atoms with Crippen molar-refractivity contribution in [2.24, 2.45) is 5.73 Å². The summed E-state index contributed by atoms with van der Waals surface area (Å²) >= 11 is 4.84. The Hall–Kier alpha value is -0.850. The molecule has 1 atom stereocenters. The molecule has 0 amide bonds. The van der Waals surface area contributed by atoms with Gasteiger partial charge in [-0.05, 0) is 39.0 Å². The molecular weight excluding hydrogens is 339 g/mol. The van der Waals surface area contributed by atoms with Gasteiger partial charge in [-0.15, -0.1) is 11.3 Å². The van der Waals surface area contributed by atoms with Gasteiger partial charge in [-0.25, -0.2) is 0 Å².